The van der Waals surface area contributed by atoms with Gasteiger partial charge in [0.2, 0.25) is 0 Å². The number of methoxy groups -OCH3 is 1. The molecule has 0 saturated carbocycles. The molecule has 0 radical (unpaired) electrons. The smallest absolute Gasteiger partial charge is 0.128 e. The van der Waals surface area contributed by atoms with Crippen LogP contribution in [0.25, 0.3) is 5.76 Å². The van der Waals surface area contributed by atoms with Crippen LogP contribution in [0.1, 0.15) is 9.75 Å². The Kier molecular flexibility index (Phi) is 2.12. The highest BCUT2D eigenvalue weighted by atomic mass is 32.1. The van der Waals surface area contributed by atoms with E-state index in [1.165, 1.54) is 4.88 Å². The van der Waals surface area contributed by atoms with E-state index in [0.29, 0.717) is 0 Å². The predicted molar refractivity (Wildman–Crippen MR) is 45.1 cm³/mol. The molecule has 1 aromatic rings. The lowest BCUT2D eigenvalue weighted by Gasteiger charge is -1.97. The van der Waals surface area contributed by atoms with Gasteiger partial charge in [-0.2, -0.15) is 0 Å². The van der Waals surface area contributed by atoms with Gasteiger partial charge in [0.1, 0.15) is 5.76 Å². The fourth-order valence-electron chi connectivity index (χ4n) is 0.685. The van der Waals surface area contributed by atoms with Gasteiger partial charge in [0.05, 0.1) is 12.0 Å². The molecule has 0 spiro atoms. The minimum atomic E-state index is 0.748. The van der Waals surface area contributed by atoms with Crippen LogP contribution < -0.4 is 0 Å². The highest BCUT2D eigenvalue weighted by molar-refractivity contribution is 7.12. The van der Waals surface area contributed by atoms with Gasteiger partial charge in [-0.25, -0.2) is 0 Å². The Labute approximate surface area is 65.0 Å². The molecule has 0 atom stereocenters. The van der Waals surface area contributed by atoms with Gasteiger partial charge in [-0.3, -0.25) is 0 Å². The summed E-state index contributed by atoms with van der Waals surface area (Å²) in [7, 11) is 1.64. The van der Waals surface area contributed by atoms with Crippen molar-refractivity contribution in [3.8, 4) is 0 Å². The molecule has 0 aliphatic carbocycles. The van der Waals surface area contributed by atoms with E-state index in [1.54, 1.807) is 18.4 Å². The van der Waals surface area contributed by atoms with Crippen LogP contribution in [0.3, 0.4) is 0 Å². The van der Waals surface area contributed by atoms with Crippen LogP contribution in [0, 0.1) is 6.92 Å². The molecule has 1 rings (SSSR count). The van der Waals surface area contributed by atoms with Crippen molar-refractivity contribution in [3.63, 3.8) is 0 Å². The minimum Gasteiger partial charge on any atom is -0.496 e. The molecule has 10 heavy (non-hydrogen) atoms. The third kappa shape index (κ3) is 1.39. The SMILES string of the molecule is C=C(OC)c1ccc(C)s1. The minimum absolute atomic E-state index is 0.748. The van der Waals surface area contributed by atoms with Gasteiger partial charge >= 0.3 is 0 Å². The van der Waals surface area contributed by atoms with E-state index in [4.69, 9.17) is 4.74 Å². The number of ether oxygens (including phenoxy) is 1. The molecular formula is C8H10OS. The average Bonchev–Trinajstić information content (AvgIpc) is 2.34. The molecule has 54 valence electrons. The summed E-state index contributed by atoms with van der Waals surface area (Å²) in [6.45, 7) is 5.81. The van der Waals surface area contributed by atoms with E-state index >= 15 is 0 Å². The molecule has 0 fully saturated rings. The summed E-state index contributed by atoms with van der Waals surface area (Å²) < 4.78 is 4.97. The van der Waals surface area contributed by atoms with Crippen molar-refractivity contribution >= 4 is 17.1 Å². The molecule has 2 heteroatoms. The van der Waals surface area contributed by atoms with Crippen LogP contribution >= 0.6 is 11.3 Å². The lowest BCUT2D eigenvalue weighted by atomic mass is 10.4. The van der Waals surface area contributed by atoms with E-state index in [1.807, 2.05) is 6.07 Å². The maximum atomic E-state index is 4.97. The van der Waals surface area contributed by atoms with Crippen molar-refractivity contribution in [2.45, 2.75) is 6.92 Å². The molecule has 1 nitrogen and oxygen atoms in total. The lowest BCUT2D eigenvalue weighted by Crippen LogP contribution is -1.77. The second-order valence-electron chi connectivity index (χ2n) is 2.04. The Bertz CT molecular complexity index is 237. The van der Waals surface area contributed by atoms with Crippen molar-refractivity contribution in [2.75, 3.05) is 7.11 Å². The van der Waals surface area contributed by atoms with Crippen molar-refractivity contribution < 1.29 is 4.74 Å². The molecule has 0 saturated heterocycles. The zero-order chi connectivity index (χ0) is 7.56. The normalized spacial score (nSPS) is 9.40. The van der Waals surface area contributed by atoms with Gasteiger partial charge in [-0.1, -0.05) is 6.58 Å². The summed E-state index contributed by atoms with van der Waals surface area (Å²) in [6.07, 6.45) is 0. The third-order valence-corrected chi connectivity index (χ3v) is 2.30. The summed E-state index contributed by atoms with van der Waals surface area (Å²) in [4.78, 5) is 2.40. The lowest BCUT2D eigenvalue weighted by molar-refractivity contribution is 0.372. The first kappa shape index (κ1) is 7.35. The van der Waals surface area contributed by atoms with Crippen LogP contribution in [0.2, 0.25) is 0 Å². The highest BCUT2D eigenvalue weighted by Crippen LogP contribution is 2.22. The Morgan fingerprint density at radius 2 is 2.30 bits per heavy atom. The summed E-state index contributed by atoms with van der Waals surface area (Å²) in [5.41, 5.74) is 0. The summed E-state index contributed by atoms with van der Waals surface area (Å²) >= 11 is 1.70. The highest BCUT2D eigenvalue weighted by Gasteiger charge is 1.99. The maximum absolute atomic E-state index is 4.97. The Morgan fingerprint density at radius 1 is 1.60 bits per heavy atom. The quantitative estimate of drug-likeness (QED) is 0.595. The third-order valence-electron chi connectivity index (χ3n) is 1.26. The van der Waals surface area contributed by atoms with Gasteiger partial charge in [-0.15, -0.1) is 11.3 Å². The van der Waals surface area contributed by atoms with E-state index in [2.05, 4.69) is 19.6 Å². The molecule has 0 aliphatic heterocycles. The molecule has 1 heterocycles. The van der Waals surface area contributed by atoms with Gasteiger partial charge in [0.25, 0.3) is 0 Å². The Hall–Kier alpha value is -0.760. The van der Waals surface area contributed by atoms with Crippen molar-refractivity contribution in [3.05, 3.63) is 28.5 Å². The molecular weight excluding hydrogens is 144 g/mol. The van der Waals surface area contributed by atoms with E-state index < -0.39 is 0 Å². The standard InChI is InChI=1S/C8H10OS/c1-6-4-5-8(10-6)7(2)9-3/h4-5H,2H2,1,3H3. The first-order valence-corrected chi connectivity index (χ1v) is 3.85. The molecule has 0 amide bonds. The molecule has 0 N–H and O–H groups in total. The topological polar surface area (TPSA) is 9.23 Å². The van der Waals surface area contributed by atoms with Gasteiger partial charge < -0.3 is 4.74 Å². The largest absolute Gasteiger partial charge is 0.496 e. The van der Waals surface area contributed by atoms with Crippen LogP contribution in [0.15, 0.2) is 18.7 Å². The number of aryl methyl sites for hydroxylation is 1. The number of hydrogen-bond donors (Lipinski definition) is 0. The molecule has 1 aromatic heterocycles. The summed E-state index contributed by atoms with van der Waals surface area (Å²) in [5, 5.41) is 0. The first-order chi connectivity index (χ1) is 4.74. The van der Waals surface area contributed by atoms with Crippen LogP contribution in [-0.2, 0) is 4.74 Å². The van der Waals surface area contributed by atoms with Gasteiger partial charge in [-0.05, 0) is 19.1 Å². The number of thiophene rings is 1. The molecule has 0 unspecified atom stereocenters. The zero-order valence-corrected chi connectivity index (χ0v) is 6.99. The van der Waals surface area contributed by atoms with Crippen molar-refractivity contribution in [2.24, 2.45) is 0 Å². The molecule has 0 aliphatic rings. The van der Waals surface area contributed by atoms with Crippen LogP contribution in [0.4, 0.5) is 0 Å². The average molecular weight is 154 g/mol. The van der Waals surface area contributed by atoms with E-state index in [9.17, 15) is 0 Å². The number of hydrogen-bond acceptors (Lipinski definition) is 2. The fraction of sp³-hybridized carbons (Fsp3) is 0.250. The van der Waals surface area contributed by atoms with Crippen LogP contribution in [-0.4, -0.2) is 7.11 Å². The zero-order valence-electron chi connectivity index (χ0n) is 6.18. The van der Waals surface area contributed by atoms with Crippen molar-refractivity contribution in [1.82, 2.24) is 0 Å². The first-order valence-electron chi connectivity index (χ1n) is 3.03. The van der Waals surface area contributed by atoms with Crippen LogP contribution in [0.5, 0.6) is 0 Å². The Morgan fingerprint density at radius 3 is 2.70 bits per heavy atom. The van der Waals surface area contributed by atoms with E-state index in [0.717, 1.165) is 10.6 Å². The van der Waals surface area contributed by atoms with Gasteiger partial charge in [0.15, 0.2) is 0 Å². The fourth-order valence-corrected chi connectivity index (χ4v) is 1.50. The van der Waals surface area contributed by atoms with Crippen molar-refractivity contribution in [1.29, 1.82) is 0 Å². The predicted octanol–water partition coefficient (Wildman–Crippen LogP) is 2.67. The monoisotopic (exact) mass is 154 g/mol. The Balaban J connectivity index is 2.85. The molecule has 0 bridgehead atoms. The second-order valence-corrected chi connectivity index (χ2v) is 3.33. The second kappa shape index (κ2) is 2.88. The summed E-state index contributed by atoms with van der Waals surface area (Å²) in [5.74, 6) is 0.748. The van der Waals surface area contributed by atoms with E-state index in [-0.39, 0.29) is 0 Å². The summed E-state index contributed by atoms with van der Waals surface area (Å²) in [6, 6.07) is 4.08. The van der Waals surface area contributed by atoms with Gasteiger partial charge in [0, 0.05) is 4.88 Å². The number of rotatable bonds is 2. The maximum Gasteiger partial charge on any atom is 0.128 e. The molecule has 0 aromatic carbocycles.